The lowest BCUT2D eigenvalue weighted by Gasteiger charge is -2.04. The third-order valence-corrected chi connectivity index (χ3v) is 4.83. The standard InChI is InChI=1S/C18H18ClN3O2S/c1-24-15-3-5-16(6-4-15)25-9-8-18(23)20-10-14-12-22-11-13(19)2-7-17(22)21-14/h2-7,11-12H,8-10H2,1H3,(H,20,23). The molecule has 0 fully saturated rings. The van der Waals surface area contributed by atoms with Gasteiger partial charge in [-0.3, -0.25) is 4.79 Å². The number of carbonyl (C=O) groups is 1. The Balaban J connectivity index is 1.44. The molecule has 1 aromatic carbocycles. The van der Waals surface area contributed by atoms with Gasteiger partial charge >= 0.3 is 0 Å². The van der Waals surface area contributed by atoms with Crippen molar-refractivity contribution in [2.24, 2.45) is 0 Å². The Morgan fingerprint density at radius 2 is 2.04 bits per heavy atom. The zero-order chi connectivity index (χ0) is 17.6. The predicted molar refractivity (Wildman–Crippen MR) is 100 cm³/mol. The Kier molecular flexibility index (Phi) is 5.83. The van der Waals surface area contributed by atoms with Gasteiger partial charge in [-0.15, -0.1) is 11.8 Å². The molecule has 5 nitrogen and oxygen atoms in total. The number of rotatable bonds is 7. The summed E-state index contributed by atoms with van der Waals surface area (Å²) in [6.07, 6.45) is 4.12. The van der Waals surface area contributed by atoms with Crippen LogP contribution in [0.2, 0.25) is 5.02 Å². The number of carbonyl (C=O) groups excluding carboxylic acids is 1. The molecule has 7 heteroatoms. The van der Waals surface area contributed by atoms with Crippen molar-refractivity contribution < 1.29 is 9.53 Å². The maximum Gasteiger partial charge on any atom is 0.221 e. The summed E-state index contributed by atoms with van der Waals surface area (Å²) in [6.45, 7) is 0.408. The molecular formula is C18H18ClN3O2S. The van der Waals surface area contributed by atoms with Gasteiger partial charge in [0.05, 0.1) is 24.4 Å². The van der Waals surface area contributed by atoms with Crippen LogP contribution < -0.4 is 10.1 Å². The lowest BCUT2D eigenvalue weighted by molar-refractivity contribution is -0.120. The molecule has 0 atom stereocenters. The van der Waals surface area contributed by atoms with E-state index in [1.54, 1.807) is 31.1 Å². The number of nitrogens with zero attached hydrogens (tertiary/aromatic N) is 2. The first-order valence-corrected chi connectivity index (χ1v) is 9.17. The molecule has 0 aliphatic heterocycles. The van der Waals surface area contributed by atoms with E-state index < -0.39 is 0 Å². The van der Waals surface area contributed by atoms with Crippen molar-refractivity contribution in [2.75, 3.05) is 12.9 Å². The molecule has 0 unspecified atom stereocenters. The van der Waals surface area contributed by atoms with Crippen molar-refractivity contribution in [3.63, 3.8) is 0 Å². The SMILES string of the molecule is COc1ccc(SCCC(=O)NCc2cn3cc(Cl)ccc3n2)cc1. The fraction of sp³-hybridized carbons (Fsp3) is 0.222. The molecule has 0 spiro atoms. The summed E-state index contributed by atoms with van der Waals surface area (Å²) in [4.78, 5) is 17.5. The summed E-state index contributed by atoms with van der Waals surface area (Å²) in [5.74, 6) is 1.56. The quantitative estimate of drug-likeness (QED) is 0.638. The fourth-order valence-corrected chi connectivity index (χ4v) is 3.33. The molecular weight excluding hydrogens is 358 g/mol. The van der Waals surface area contributed by atoms with Crippen molar-refractivity contribution in [1.82, 2.24) is 14.7 Å². The highest BCUT2D eigenvalue weighted by Crippen LogP contribution is 2.21. The van der Waals surface area contributed by atoms with E-state index in [9.17, 15) is 4.79 Å². The van der Waals surface area contributed by atoms with E-state index in [0.717, 1.165) is 27.7 Å². The van der Waals surface area contributed by atoms with Gasteiger partial charge in [-0.05, 0) is 36.4 Å². The molecule has 2 heterocycles. The fourth-order valence-electron chi connectivity index (χ4n) is 2.31. The van der Waals surface area contributed by atoms with E-state index in [0.29, 0.717) is 18.0 Å². The molecule has 0 saturated heterocycles. The number of fused-ring (bicyclic) bond motifs is 1. The Morgan fingerprint density at radius 3 is 2.80 bits per heavy atom. The van der Waals surface area contributed by atoms with E-state index in [1.807, 2.05) is 40.9 Å². The van der Waals surface area contributed by atoms with Crippen molar-refractivity contribution in [3.05, 3.63) is 59.5 Å². The Bertz CT molecular complexity index is 864. The molecule has 2 aromatic heterocycles. The van der Waals surface area contributed by atoms with Gasteiger partial charge < -0.3 is 14.5 Å². The third kappa shape index (κ3) is 4.90. The monoisotopic (exact) mass is 375 g/mol. The summed E-state index contributed by atoms with van der Waals surface area (Å²) < 4.78 is 6.98. The van der Waals surface area contributed by atoms with E-state index in [2.05, 4.69) is 10.3 Å². The molecule has 3 aromatic rings. The molecule has 0 saturated carbocycles. The molecule has 0 bridgehead atoms. The van der Waals surface area contributed by atoms with Gasteiger partial charge in [-0.25, -0.2) is 4.98 Å². The normalized spacial score (nSPS) is 10.8. The van der Waals surface area contributed by atoms with Gasteiger partial charge in [0, 0.05) is 29.5 Å². The first-order valence-electron chi connectivity index (χ1n) is 7.81. The summed E-state index contributed by atoms with van der Waals surface area (Å²) in [5, 5.41) is 3.55. The number of aromatic nitrogens is 2. The smallest absolute Gasteiger partial charge is 0.221 e. The van der Waals surface area contributed by atoms with Crippen LogP contribution in [0.25, 0.3) is 5.65 Å². The van der Waals surface area contributed by atoms with Crippen LogP contribution in [0, 0.1) is 0 Å². The Labute approximate surface area is 155 Å². The van der Waals surface area contributed by atoms with Crippen molar-refractivity contribution >= 4 is 34.9 Å². The van der Waals surface area contributed by atoms with E-state index in [-0.39, 0.29) is 5.91 Å². The van der Waals surface area contributed by atoms with E-state index in [1.165, 1.54) is 0 Å². The molecule has 3 rings (SSSR count). The minimum atomic E-state index is 0.0103. The maximum absolute atomic E-state index is 12.0. The van der Waals surface area contributed by atoms with Crippen LogP contribution in [0.4, 0.5) is 0 Å². The van der Waals surface area contributed by atoms with Gasteiger partial charge in [0.1, 0.15) is 11.4 Å². The topological polar surface area (TPSA) is 55.6 Å². The van der Waals surface area contributed by atoms with Crippen LogP contribution >= 0.6 is 23.4 Å². The second-order valence-electron chi connectivity index (χ2n) is 5.40. The number of benzene rings is 1. The van der Waals surface area contributed by atoms with Crippen LogP contribution in [-0.2, 0) is 11.3 Å². The number of ether oxygens (including phenoxy) is 1. The van der Waals surface area contributed by atoms with Crippen molar-refractivity contribution in [1.29, 1.82) is 0 Å². The van der Waals surface area contributed by atoms with Gasteiger partial charge in [-0.2, -0.15) is 0 Å². The van der Waals surface area contributed by atoms with Crippen LogP contribution in [0.3, 0.4) is 0 Å². The van der Waals surface area contributed by atoms with Gasteiger partial charge in [0.25, 0.3) is 0 Å². The first-order chi connectivity index (χ1) is 12.1. The Morgan fingerprint density at radius 1 is 1.24 bits per heavy atom. The number of hydrogen-bond donors (Lipinski definition) is 1. The van der Waals surface area contributed by atoms with Crippen LogP contribution in [0.5, 0.6) is 5.75 Å². The highest BCUT2D eigenvalue weighted by atomic mass is 35.5. The van der Waals surface area contributed by atoms with Crippen LogP contribution in [-0.4, -0.2) is 28.2 Å². The summed E-state index contributed by atoms with van der Waals surface area (Å²) in [7, 11) is 1.64. The third-order valence-electron chi connectivity index (χ3n) is 3.59. The second kappa shape index (κ2) is 8.27. The molecule has 25 heavy (non-hydrogen) atoms. The number of nitrogens with one attached hydrogen (secondary N) is 1. The number of amides is 1. The average molecular weight is 376 g/mol. The number of methoxy groups -OCH3 is 1. The number of imidazole rings is 1. The number of hydrogen-bond acceptors (Lipinski definition) is 4. The maximum atomic E-state index is 12.0. The molecule has 0 radical (unpaired) electrons. The second-order valence-corrected chi connectivity index (χ2v) is 7.00. The minimum absolute atomic E-state index is 0.0103. The minimum Gasteiger partial charge on any atom is -0.497 e. The molecule has 0 aliphatic carbocycles. The van der Waals surface area contributed by atoms with Crippen molar-refractivity contribution in [3.8, 4) is 5.75 Å². The molecule has 130 valence electrons. The van der Waals surface area contributed by atoms with E-state index >= 15 is 0 Å². The summed E-state index contributed by atoms with van der Waals surface area (Å²) in [6, 6.07) is 11.4. The van der Waals surface area contributed by atoms with Crippen molar-refractivity contribution in [2.45, 2.75) is 17.9 Å². The van der Waals surface area contributed by atoms with Gasteiger partial charge in [0.15, 0.2) is 0 Å². The highest BCUT2D eigenvalue weighted by Gasteiger charge is 2.06. The summed E-state index contributed by atoms with van der Waals surface area (Å²) >= 11 is 7.60. The highest BCUT2D eigenvalue weighted by molar-refractivity contribution is 7.99. The number of thioether (sulfide) groups is 1. The predicted octanol–water partition coefficient (Wildman–Crippen LogP) is 3.79. The zero-order valence-electron chi connectivity index (χ0n) is 13.7. The Hall–Kier alpha value is -2.18. The molecule has 1 amide bonds. The van der Waals surface area contributed by atoms with Gasteiger partial charge in [-0.1, -0.05) is 11.6 Å². The van der Waals surface area contributed by atoms with Crippen LogP contribution in [0.1, 0.15) is 12.1 Å². The zero-order valence-corrected chi connectivity index (χ0v) is 15.3. The molecule has 0 aliphatic rings. The van der Waals surface area contributed by atoms with Gasteiger partial charge in [0.2, 0.25) is 5.91 Å². The lowest BCUT2D eigenvalue weighted by Crippen LogP contribution is -2.23. The largest absolute Gasteiger partial charge is 0.497 e. The molecule has 1 N–H and O–H groups in total. The van der Waals surface area contributed by atoms with Crippen LogP contribution in [0.15, 0.2) is 53.7 Å². The number of pyridine rings is 1. The lowest BCUT2D eigenvalue weighted by atomic mass is 10.3. The van der Waals surface area contributed by atoms with E-state index in [4.69, 9.17) is 16.3 Å². The average Bonchev–Trinajstić information content (AvgIpc) is 3.02. The number of halogens is 1. The first kappa shape index (κ1) is 17.6. The summed E-state index contributed by atoms with van der Waals surface area (Å²) in [5.41, 5.74) is 1.61.